The van der Waals surface area contributed by atoms with Crippen LogP contribution < -0.4 is 5.32 Å². The summed E-state index contributed by atoms with van der Waals surface area (Å²) >= 11 is 5.69. The lowest BCUT2D eigenvalue weighted by Crippen LogP contribution is -2.44. The zero-order valence-electron chi connectivity index (χ0n) is 13.9. The highest BCUT2D eigenvalue weighted by Crippen LogP contribution is 2.27. The van der Waals surface area contributed by atoms with Crippen LogP contribution in [0.15, 0.2) is 23.1 Å². The van der Waals surface area contributed by atoms with Crippen molar-refractivity contribution in [2.45, 2.75) is 49.5 Å². The molecule has 0 unspecified atom stereocenters. The van der Waals surface area contributed by atoms with Crippen molar-refractivity contribution in [3.05, 3.63) is 29.0 Å². The largest absolute Gasteiger partial charge is 0.353 e. The Bertz CT molecular complexity index is 742. The molecule has 138 valence electrons. The summed E-state index contributed by atoms with van der Waals surface area (Å²) in [5, 5.41) is 2.87. The third-order valence-corrected chi connectivity index (χ3v) is 7.24. The van der Waals surface area contributed by atoms with Gasteiger partial charge in [0.25, 0.3) is 0 Å². The molecule has 8 heteroatoms. The van der Waals surface area contributed by atoms with E-state index in [2.05, 4.69) is 5.32 Å². The lowest BCUT2D eigenvalue weighted by molar-refractivity contribution is -0.126. The first kappa shape index (κ1) is 18.6. The Kier molecular flexibility index (Phi) is 5.65. The fourth-order valence-electron chi connectivity index (χ4n) is 3.53. The second kappa shape index (κ2) is 7.60. The van der Waals surface area contributed by atoms with E-state index in [-0.39, 0.29) is 40.9 Å². The molecule has 5 nitrogen and oxygen atoms in total. The highest BCUT2D eigenvalue weighted by Gasteiger charge is 2.33. The van der Waals surface area contributed by atoms with Gasteiger partial charge in [-0.1, -0.05) is 24.4 Å². The minimum Gasteiger partial charge on any atom is -0.353 e. The molecule has 2 fully saturated rings. The zero-order valence-corrected chi connectivity index (χ0v) is 15.5. The summed E-state index contributed by atoms with van der Waals surface area (Å²) < 4.78 is 39.9. The molecule has 1 heterocycles. The molecule has 0 atom stereocenters. The lowest BCUT2D eigenvalue weighted by atomic mass is 9.97. The normalized spacial score (nSPS) is 20.7. The molecule has 1 aliphatic heterocycles. The van der Waals surface area contributed by atoms with E-state index in [9.17, 15) is 17.6 Å². The van der Waals surface area contributed by atoms with Gasteiger partial charge in [-0.15, -0.1) is 0 Å². The van der Waals surface area contributed by atoms with E-state index < -0.39 is 15.8 Å². The molecule has 0 bridgehead atoms. The highest BCUT2D eigenvalue weighted by atomic mass is 35.5. The van der Waals surface area contributed by atoms with Crippen LogP contribution in [0, 0.1) is 11.7 Å². The van der Waals surface area contributed by atoms with E-state index in [0.717, 1.165) is 37.8 Å². The van der Waals surface area contributed by atoms with Gasteiger partial charge in [-0.25, -0.2) is 12.8 Å². The van der Waals surface area contributed by atoms with Crippen molar-refractivity contribution in [2.24, 2.45) is 5.92 Å². The van der Waals surface area contributed by atoms with Gasteiger partial charge in [0.15, 0.2) is 0 Å². The molecule has 25 heavy (non-hydrogen) atoms. The summed E-state index contributed by atoms with van der Waals surface area (Å²) in [5.41, 5.74) is 0. The van der Waals surface area contributed by atoms with Gasteiger partial charge in [-0.3, -0.25) is 4.79 Å². The minimum absolute atomic E-state index is 0.0206. The van der Waals surface area contributed by atoms with Crippen molar-refractivity contribution in [3.63, 3.8) is 0 Å². The summed E-state index contributed by atoms with van der Waals surface area (Å²) in [5.74, 6) is -0.763. The van der Waals surface area contributed by atoms with Crippen LogP contribution in [0.25, 0.3) is 0 Å². The predicted molar refractivity (Wildman–Crippen MR) is 93.3 cm³/mol. The van der Waals surface area contributed by atoms with Gasteiger partial charge in [-0.2, -0.15) is 4.31 Å². The Morgan fingerprint density at radius 3 is 2.40 bits per heavy atom. The van der Waals surface area contributed by atoms with E-state index in [1.807, 2.05) is 0 Å². The van der Waals surface area contributed by atoms with Crippen molar-refractivity contribution in [1.82, 2.24) is 9.62 Å². The Hall–Kier alpha value is -1.18. The Labute approximate surface area is 152 Å². The molecule has 1 saturated carbocycles. The van der Waals surface area contributed by atoms with Crippen LogP contribution in [0.4, 0.5) is 4.39 Å². The monoisotopic (exact) mass is 388 g/mol. The molecule has 1 aromatic rings. The predicted octanol–water partition coefficient (Wildman–Crippen LogP) is 2.94. The SMILES string of the molecule is O=C(NC1CCCC1)C1CCN(S(=O)(=O)c2ccc(F)c(Cl)c2)CC1. The van der Waals surface area contributed by atoms with Crippen LogP contribution in [0.5, 0.6) is 0 Å². The molecule has 1 aromatic carbocycles. The summed E-state index contributed by atoms with van der Waals surface area (Å²) in [6.07, 6.45) is 5.36. The fraction of sp³-hybridized carbons (Fsp3) is 0.588. The molecular formula is C17H22ClFN2O3S. The maximum absolute atomic E-state index is 13.3. The number of hydrogen-bond donors (Lipinski definition) is 1. The summed E-state index contributed by atoms with van der Waals surface area (Å²) in [6, 6.07) is 3.67. The van der Waals surface area contributed by atoms with Crippen LogP contribution in [0.2, 0.25) is 5.02 Å². The van der Waals surface area contributed by atoms with Crippen LogP contribution in [0.3, 0.4) is 0 Å². The number of halogens is 2. The molecule has 3 rings (SSSR count). The number of sulfonamides is 1. The molecule has 2 aliphatic rings. The molecular weight excluding hydrogens is 367 g/mol. The number of nitrogens with zero attached hydrogens (tertiary/aromatic N) is 1. The van der Waals surface area contributed by atoms with Crippen molar-refractivity contribution in [1.29, 1.82) is 0 Å². The van der Waals surface area contributed by atoms with E-state index >= 15 is 0 Å². The first-order valence-electron chi connectivity index (χ1n) is 8.63. The van der Waals surface area contributed by atoms with Crippen molar-refractivity contribution < 1.29 is 17.6 Å². The number of amides is 1. The average Bonchev–Trinajstić information content (AvgIpc) is 3.10. The van der Waals surface area contributed by atoms with E-state index in [4.69, 9.17) is 11.6 Å². The second-order valence-electron chi connectivity index (χ2n) is 6.74. The third-order valence-electron chi connectivity index (χ3n) is 5.06. The number of rotatable bonds is 4. The quantitative estimate of drug-likeness (QED) is 0.862. The van der Waals surface area contributed by atoms with E-state index in [1.54, 1.807) is 0 Å². The second-order valence-corrected chi connectivity index (χ2v) is 9.09. The van der Waals surface area contributed by atoms with Crippen LogP contribution in [0.1, 0.15) is 38.5 Å². The van der Waals surface area contributed by atoms with Crippen LogP contribution in [-0.2, 0) is 14.8 Å². The summed E-state index contributed by atoms with van der Waals surface area (Å²) in [7, 11) is -3.72. The Balaban J connectivity index is 1.60. The molecule has 0 spiro atoms. The van der Waals surface area contributed by atoms with Gasteiger partial charge in [0.05, 0.1) is 9.92 Å². The number of piperidine rings is 1. The molecule has 1 amide bonds. The van der Waals surface area contributed by atoms with Gasteiger partial charge in [0.2, 0.25) is 15.9 Å². The lowest BCUT2D eigenvalue weighted by Gasteiger charge is -2.31. The Morgan fingerprint density at radius 1 is 1.16 bits per heavy atom. The van der Waals surface area contributed by atoms with Crippen molar-refractivity contribution in [2.75, 3.05) is 13.1 Å². The maximum atomic E-state index is 13.3. The van der Waals surface area contributed by atoms with Crippen LogP contribution in [-0.4, -0.2) is 37.8 Å². The number of carbonyl (C=O) groups is 1. The van der Waals surface area contributed by atoms with Crippen molar-refractivity contribution >= 4 is 27.5 Å². The fourth-order valence-corrected chi connectivity index (χ4v) is 5.28. The number of carbonyl (C=O) groups excluding carboxylic acids is 1. The first-order chi connectivity index (χ1) is 11.9. The number of benzene rings is 1. The van der Waals surface area contributed by atoms with Gasteiger partial charge in [-0.05, 0) is 43.9 Å². The smallest absolute Gasteiger partial charge is 0.243 e. The van der Waals surface area contributed by atoms with Gasteiger partial charge >= 0.3 is 0 Å². The third kappa shape index (κ3) is 4.15. The average molecular weight is 389 g/mol. The van der Waals surface area contributed by atoms with E-state index in [1.165, 1.54) is 10.4 Å². The maximum Gasteiger partial charge on any atom is 0.243 e. The molecule has 1 saturated heterocycles. The van der Waals surface area contributed by atoms with Gasteiger partial charge < -0.3 is 5.32 Å². The van der Waals surface area contributed by atoms with Crippen LogP contribution >= 0.6 is 11.6 Å². The topological polar surface area (TPSA) is 66.5 Å². The first-order valence-corrected chi connectivity index (χ1v) is 10.5. The molecule has 1 aliphatic carbocycles. The number of hydrogen-bond acceptors (Lipinski definition) is 3. The van der Waals surface area contributed by atoms with Crippen molar-refractivity contribution in [3.8, 4) is 0 Å². The van der Waals surface area contributed by atoms with E-state index in [0.29, 0.717) is 12.8 Å². The standard InChI is InChI=1S/C17H22ClFN2O3S/c18-15-11-14(5-6-16(15)19)25(23,24)21-9-7-12(8-10-21)17(22)20-13-3-1-2-4-13/h5-6,11-13H,1-4,7-10H2,(H,20,22). The summed E-state index contributed by atoms with van der Waals surface area (Å²) in [4.78, 5) is 12.3. The molecule has 1 N–H and O–H groups in total. The minimum atomic E-state index is -3.72. The highest BCUT2D eigenvalue weighted by molar-refractivity contribution is 7.89. The molecule has 0 aromatic heterocycles. The number of nitrogens with one attached hydrogen (secondary N) is 1. The summed E-state index contributed by atoms with van der Waals surface area (Å²) in [6.45, 7) is 0.556. The van der Waals surface area contributed by atoms with Gasteiger partial charge in [0.1, 0.15) is 5.82 Å². The molecule has 0 radical (unpaired) electrons. The van der Waals surface area contributed by atoms with Gasteiger partial charge in [0, 0.05) is 25.0 Å². The zero-order chi connectivity index (χ0) is 18.0. The Morgan fingerprint density at radius 2 is 1.80 bits per heavy atom.